The lowest BCUT2D eigenvalue weighted by Gasteiger charge is -2.10. The molecular formula is C12H17BrN2OS. The van der Waals surface area contributed by atoms with Crippen molar-refractivity contribution in [3.8, 4) is 0 Å². The van der Waals surface area contributed by atoms with Gasteiger partial charge in [-0.15, -0.1) is 0 Å². The van der Waals surface area contributed by atoms with E-state index in [1.54, 1.807) is 7.05 Å². The van der Waals surface area contributed by atoms with E-state index in [0.717, 1.165) is 15.6 Å². The van der Waals surface area contributed by atoms with Crippen LogP contribution in [0, 0.1) is 6.92 Å². The van der Waals surface area contributed by atoms with Gasteiger partial charge in [0.1, 0.15) is 0 Å². The zero-order chi connectivity index (χ0) is 13.4. The van der Waals surface area contributed by atoms with Crippen molar-refractivity contribution in [3.05, 3.63) is 27.7 Å². The Balaban J connectivity index is 0.00000121. The molecule has 1 aromatic rings. The monoisotopic (exact) mass is 316 g/mol. The molecule has 0 fully saturated rings. The summed E-state index contributed by atoms with van der Waals surface area (Å²) in [4.78, 5) is 11.2. The molecule has 0 radical (unpaired) electrons. The summed E-state index contributed by atoms with van der Waals surface area (Å²) in [6.07, 6.45) is 0. The molecule has 2 amide bonds. The third kappa shape index (κ3) is 4.83. The smallest absolute Gasteiger partial charge is 0.318 e. The van der Waals surface area contributed by atoms with Gasteiger partial charge in [0.2, 0.25) is 0 Å². The fourth-order valence-electron chi connectivity index (χ4n) is 1.16. The van der Waals surface area contributed by atoms with Gasteiger partial charge in [-0.05, 0) is 24.6 Å². The maximum Gasteiger partial charge on any atom is 0.318 e. The van der Waals surface area contributed by atoms with E-state index in [4.69, 9.17) is 12.2 Å². The molecule has 0 aliphatic carbocycles. The standard InChI is InChI=1S/C10H11BrN2OS.C2H6/c1-6-3-8(11)7(5-15)9(4-6)13-10(14)12-2;1-2/h3-5H,1-2H3,(H2,12,13,14);1-2H3. The van der Waals surface area contributed by atoms with Crippen LogP contribution in [0.25, 0.3) is 0 Å². The van der Waals surface area contributed by atoms with Crippen molar-refractivity contribution in [1.29, 1.82) is 0 Å². The summed E-state index contributed by atoms with van der Waals surface area (Å²) in [5.41, 5.74) is 2.56. The first-order valence-corrected chi connectivity index (χ1v) is 6.59. The van der Waals surface area contributed by atoms with Crippen molar-refractivity contribution in [2.45, 2.75) is 20.8 Å². The summed E-state index contributed by atoms with van der Waals surface area (Å²) in [6.45, 7) is 5.95. The number of rotatable bonds is 2. The van der Waals surface area contributed by atoms with Gasteiger partial charge in [-0.3, -0.25) is 0 Å². The summed E-state index contributed by atoms with van der Waals surface area (Å²) < 4.78 is 0.879. The Morgan fingerprint density at radius 2 is 2.00 bits per heavy atom. The second-order valence-electron chi connectivity index (χ2n) is 3.03. The number of carbonyl (C=O) groups excluding carboxylic acids is 1. The average molecular weight is 317 g/mol. The minimum absolute atomic E-state index is 0.259. The van der Waals surface area contributed by atoms with Crippen LogP contribution < -0.4 is 10.6 Å². The number of nitrogens with one attached hydrogen (secondary N) is 2. The Hall–Kier alpha value is -0.940. The van der Waals surface area contributed by atoms with Crippen molar-refractivity contribution in [3.63, 3.8) is 0 Å². The van der Waals surface area contributed by atoms with Crippen molar-refractivity contribution >= 4 is 45.2 Å². The van der Waals surface area contributed by atoms with E-state index in [-0.39, 0.29) is 6.03 Å². The molecule has 0 spiro atoms. The quantitative estimate of drug-likeness (QED) is 0.813. The number of aryl methyl sites for hydroxylation is 1. The number of hydrogen-bond donors (Lipinski definition) is 2. The average Bonchev–Trinajstić information content (AvgIpc) is 2.31. The van der Waals surface area contributed by atoms with Crippen LogP contribution in [-0.4, -0.2) is 18.4 Å². The zero-order valence-electron chi connectivity index (χ0n) is 10.4. The summed E-state index contributed by atoms with van der Waals surface area (Å²) >= 11 is 8.30. The molecule has 3 nitrogen and oxygen atoms in total. The van der Waals surface area contributed by atoms with Crippen LogP contribution in [0.1, 0.15) is 25.0 Å². The first-order valence-electron chi connectivity index (χ1n) is 5.32. The molecule has 0 aromatic heterocycles. The molecule has 0 bridgehead atoms. The minimum Gasteiger partial charge on any atom is -0.341 e. The number of urea groups is 1. The molecule has 1 rings (SSSR count). The number of hydrogen-bond acceptors (Lipinski definition) is 2. The molecule has 0 aliphatic heterocycles. The highest BCUT2D eigenvalue weighted by Gasteiger charge is 2.07. The molecule has 5 heteroatoms. The van der Waals surface area contributed by atoms with Gasteiger partial charge in [-0.25, -0.2) is 4.79 Å². The Morgan fingerprint density at radius 3 is 2.47 bits per heavy atom. The van der Waals surface area contributed by atoms with Crippen LogP contribution in [0.2, 0.25) is 0 Å². The first kappa shape index (κ1) is 16.1. The van der Waals surface area contributed by atoms with E-state index in [9.17, 15) is 4.79 Å². The van der Waals surface area contributed by atoms with E-state index < -0.39 is 0 Å². The maximum absolute atomic E-state index is 11.2. The van der Waals surface area contributed by atoms with Gasteiger partial charge < -0.3 is 10.6 Å². The normalized spacial score (nSPS) is 8.76. The molecule has 94 valence electrons. The van der Waals surface area contributed by atoms with E-state index >= 15 is 0 Å². The summed E-state index contributed by atoms with van der Waals surface area (Å²) in [5.74, 6) is 0. The van der Waals surface area contributed by atoms with Crippen molar-refractivity contribution in [2.75, 3.05) is 12.4 Å². The van der Waals surface area contributed by atoms with Crippen LogP contribution >= 0.6 is 28.1 Å². The number of halogens is 1. The lowest BCUT2D eigenvalue weighted by molar-refractivity contribution is 0.254. The van der Waals surface area contributed by atoms with E-state index in [1.165, 1.54) is 5.37 Å². The Labute approximate surface area is 116 Å². The number of amides is 2. The lowest BCUT2D eigenvalue weighted by atomic mass is 10.1. The second kappa shape index (κ2) is 8.20. The van der Waals surface area contributed by atoms with Crippen molar-refractivity contribution in [1.82, 2.24) is 5.32 Å². The van der Waals surface area contributed by atoms with Gasteiger partial charge in [0.25, 0.3) is 0 Å². The maximum atomic E-state index is 11.2. The topological polar surface area (TPSA) is 41.1 Å². The Morgan fingerprint density at radius 1 is 1.41 bits per heavy atom. The first-order chi connectivity index (χ1) is 8.08. The van der Waals surface area contributed by atoms with Crippen LogP contribution in [0.4, 0.5) is 10.5 Å². The number of benzene rings is 1. The molecule has 0 atom stereocenters. The fourth-order valence-corrected chi connectivity index (χ4v) is 2.26. The highest BCUT2D eigenvalue weighted by atomic mass is 79.9. The number of carbonyl (C=O) groups is 1. The molecule has 0 saturated carbocycles. The third-order valence-electron chi connectivity index (χ3n) is 1.87. The highest BCUT2D eigenvalue weighted by molar-refractivity contribution is 9.10. The van der Waals surface area contributed by atoms with E-state index in [1.807, 2.05) is 32.9 Å². The van der Waals surface area contributed by atoms with Gasteiger partial charge >= 0.3 is 6.03 Å². The molecule has 0 heterocycles. The molecule has 0 saturated heterocycles. The minimum atomic E-state index is -0.259. The zero-order valence-corrected chi connectivity index (χ0v) is 12.8. The summed E-state index contributed by atoms with van der Waals surface area (Å²) in [6, 6.07) is 3.57. The molecule has 1 aromatic carbocycles. The second-order valence-corrected chi connectivity index (χ2v) is 4.12. The SMILES string of the molecule is CC.CNC(=O)Nc1cc(C)cc(Br)c1C=S. The van der Waals surface area contributed by atoms with E-state index in [2.05, 4.69) is 26.6 Å². The predicted molar refractivity (Wildman–Crippen MR) is 81.1 cm³/mol. The third-order valence-corrected chi connectivity index (χ3v) is 2.76. The van der Waals surface area contributed by atoms with Gasteiger partial charge in [0.15, 0.2) is 0 Å². The molecule has 2 N–H and O–H groups in total. The summed E-state index contributed by atoms with van der Waals surface area (Å²) in [7, 11) is 1.57. The van der Waals surface area contributed by atoms with Crippen molar-refractivity contribution in [2.24, 2.45) is 0 Å². The molecular weight excluding hydrogens is 300 g/mol. The predicted octanol–water partition coefficient (Wildman–Crippen LogP) is 3.88. The largest absolute Gasteiger partial charge is 0.341 e. The van der Waals surface area contributed by atoms with Crippen LogP contribution in [0.5, 0.6) is 0 Å². The molecule has 0 unspecified atom stereocenters. The Kier molecular flexibility index (Phi) is 7.74. The fraction of sp³-hybridized carbons (Fsp3) is 0.333. The van der Waals surface area contributed by atoms with Crippen LogP contribution in [0.3, 0.4) is 0 Å². The van der Waals surface area contributed by atoms with Gasteiger partial charge in [0.05, 0.1) is 5.69 Å². The summed E-state index contributed by atoms with van der Waals surface area (Å²) in [5, 5.41) is 6.74. The van der Waals surface area contributed by atoms with Gasteiger partial charge in [0, 0.05) is 22.5 Å². The number of thiocarbonyl (C=S) groups is 1. The lowest BCUT2D eigenvalue weighted by Crippen LogP contribution is -2.25. The van der Waals surface area contributed by atoms with Crippen LogP contribution in [0.15, 0.2) is 16.6 Å². The Bertz CT molecular complexity index is 408. The van der Waals surface area contributed by atoms with Crippen molar-refractivity contribution < 1.29 is 4.79 Å². The molecule has 17 heavy (non-hydrogen) atoms. The highest BCUT2D eigenvalue weighted by Crippen LogP contribution is 2.25. The van der Waals surface area contributed by atoms with Gasteiger partial charge in [-0.2, -0.15) is 0 Å². The van der Waals surface area contributed by atoms with E-state index in [0.29, 0.717) is 5.69 Å². The van der Waals surface area contributed by atoms with Gasteiger partial charge in [-0.1, -0.05) is 42.0 Å². The number of anilines is 1. The molecule has 0 aliphatic rings. The van der Waals surface area contributed by atoms with Crippen LogP contribution in [-0.2, 0) is 0 Å².